The minimum atomic E-state index is 0.338. The Bertz CT molecular complexity index is 196. The zero-order chi connectivity index (χ0) is 11.6. The standard InChI is InChI=1S/C7H8O.C4H10.C2H6/c1-6-3-2-4-7(8)5-6;1-4(2)3;1-2/h2-5,8H,1H3;4H,1-3H3;1-2H3. The van der Waals surface area contributed by atoms with E-state index in [9.17, 15) is 0 Å². The Balaban J connectivity index is 0. The summed E-state index contributed by atoms with van der Waals surface area (Å²) in [7, 11) is 0. The molecule has 1 rings (SSSR count). The Morgan fingerprint density at radius 2 is 1.50 bits per heavy atom. The molecular weight excluding hydrogens is 172 g/mol. The molecule has 0 aliphatic heterocycles. The average Bonchev–Trinajstić information content (AvgIpc) is 2.06. The zero-order valence-electron chi connectivity index (χ0n) is 10.3. The van der Waals surface area contributed by atoms with Crippen LogP contribution in [0.3, 0.4) is 0 Å². The van der Waals surface area contributed by atoms with Crippen molar-refractivity contribution in [1.29, 1.82) is 0 Å². The SMILES string of the molecule is CC.CC(C)C.Cc1cccc(O)c1. The lowest BCUT2D eigenvalue weighted by molar-refractivity contribution is 0.475. The highest BCUT2D eigenvalue weighted by Gasteiger charge is 1.83. The van der Waals surface area contributed by atoms with Gasteiger partial charge in [-0.25, -0.2) is 0 Å². The molecule has 0 radical (unpaired) electrons. The van der Waals surface area contributed by atoms with Crippen molar-refractivity contribution in [3.05, 3.63) is 29.8 Å². The molecule has 0 spiro atoms. The Kier molecular flexibility index (Phi) is 11.2. The second-order valence-corrected chi connectivity index (χ2v) is 3.57. The summed E-state index contributed by atoms with van der Waals surface area (Å²) in [4.78, 5) is 0. The second kappa shape index (κ2) is 10.1. The highest BCUT2D eigenvalue weighted by molar-refractivity contribution is 5.25. The Labute approximate surface area is 88.8 Å². The van der Waals surface area contributed by atoms with Crippen molar-refractivity contribution >= 4 is 0 Å². The molecule has 14 heavy (non-hydrogen) atoms. The Hall–Kier alpha value is -0.980. The molecule has 1 nitrogen and oxygen atoms in total. The van der Waals surface area contributed by atoms with Crippen LogP contribution in [0.15, 0.2) is 24.3 Å². The fraction of sp³-hybridized carbons (Fsp3) is 0.538. The molecule has 0 unspecified atom stereocenters. The first-order valence-corrected chi connectivity index (χ1v) is 5.28. The van der Waals surface area contributed by atoms with E-state index in [0.717, 1.165) is 11.5 Å². The molecule has 1 aromatic carbocycles. The quantitative estimate of drug-likeness (QED) is 0.652. The van der Waals surface area contributed by atoms with Gasteiger partial charge in [-0.05, 0) is 30.5 Å². The molecule has 0 heterocycles. The highest BCUT2D eigenvalue weighted by atomic mass is 16.3. The summed E-state index contributed by atoms with van der Waals surface area (Å²) < 4.78 is 0. The number of phenolic OH excluding ortho intramolecular Hbond substituents is 1. The fourth-order valence-corrected chi connectivity index (χ4v) is 0.628. The maximum absolute atomic E-state index is 8.81. The number of phenols is 1. The number of hydrogen-bond donors (Lipinski definition) is 1. The number of aryl methyl sites for hydroxylation is 1. The molecule has 0 aliphatic rings. The van der Waals surface area contributed by atoms with Gasteiger partial charge < -0.3 is 5.11 Å². The van der Waals surface area contributed by atoms with Gasteiger partial charge in [0.05, 0.1) is 0 Å². The van der Waals surface area contributed by atoms with Crippen molar-refractivity contribution in [3.8, 4) is 5.75 Å². The summed E-state index contributed by atoms with van der Waals surface area (Å²) in [5.74, 6) is 1.17. The van der Waals surface area contributed by atoms with Gasteiger partial charge in [0.2, 0.25) is 0 Å². The molecule has 0 aliphatic carbocycles. The summed E-state index contributed by atoms with van der Waals surface area (Å²) in [6.07, 6.45) is 0. The van der Waals surface area contributed by atoms with Crippen LogP contribution in [0.4, 0.5) is 0 Å². The largest absolute Gasteiger partial charge is 0.508 e. The maximum atomic E-state index is 8.81. The van der Waals surface area contributed by atoms with Gasteiger partial charge >= 0.3 is 0 Å². The van der Waals surface area contributed by atoms with E-state index >= 15 is 0 Å². The van der Waals surface area contributed by atoms with E-state index in [1.54, 1.807) is 12.1 Å². The molecule has 0 atom stereocenters. The van der Waals surface area contributed by atoms with Gasteiger partial charge in [0.1, 0.15) is 5.75 Å². The first kappa shape index (κ1) is 15.5. The Morgan fingerprint density at radius 1 is 1.07 bits per heavy atom. The van der Waals surface area contributed by atoms with E-state index in [-0.39, 0.29) is 0 Å². The number of aromatic hydroxyl groups is 1. The van der Waals surface area contributed by atoms with Crippen LogP contribution < -0.4 is 0 Å². The van der Waals surface area contributed by atoms with Gasteiger partial charge in [-0.1, -0.05) is 46.8 Å². The van der Waals surface area contributed by atoms with Gasteiger partial charge in [0.25, 0.3) is 0 Å². The third-order valence-electron chi connectivity index (χ3n) is 1.00. The van der Waals surface area contributed by atoms with Gasteiger partial charge in [-0.15, -0.1) is 0 Å². The van der Waals surface area contributed by atoms with Crippen molar-refractivity contribution < 1.29 is 5.11 Å². The molecule has 1 heteroatoms. The first-order valence-electron chi connectivity index (χ1n) is 5.28. The molecule has 0 bridgehead atoms. The van der Waals surface area contributed by atoms with Crippen molar-refractivity contribution in [2.45, 2.75) is 41.5 Å². The van der Waals surface area contributed by atoms with Crippen molar-refractivity contribution in [2.24, 2.45) is 5.92 Å². The average molecular weight is 196 g/mol. The summed E-state index contributed by atoms with van der Waals surface area (Å²) in [6.45, 7) is 12.4. The van der Waals surface area contributed by atoms with Crippen LogP contribution in [0.1, 0.15) is 40.2 Å². The van der Waals surface area contributed by atoms with Crippen LogP contribution in [0.5, 0.6) is 5.75 Å². The van der Waals surface area contributed by atoms with E-state index in [2.05, 4.69) is 20.8 Å². The number of hydrogen-bond acceptors (Lipinski definition) is 1. The smallest absolute Gasteiger partial charge is 0.115 e. The van der Waals surface area contributed by atoms with E-state index < -0.39 is 0 Å². The molecule has 1 aromatic rings. The molecule has 82 valence electrons. The van der Waals surface area contributed by atoms with Crippen LogP contribution in [0, 0.1) is 12.8 Å². The highest BCUT2D eigenvalue weighted by Crippen LogP contribution is 2.08. The predicted molar refractivity (Wildman–Crippen MR) is 64.7 cm³/mol. The van der Waals surface area contributed by atoms with Crippen LogP contribution in [-0.2, 0) is 0 Å². The van der Waals surface area contributed by atoms with Gasteiger partial charge in [-0.2, -0.15) is 0 Å². The summed E-state index contributed by atoms with van der Waals surface area (Å²) in [6, 6.07) is 7.15. The van der Waals surface area contributed by atoms with E-state index in [4.69, 9.17) is 5.11 Å². The lowest BCUT2D eigenvalue weighted by atomic mass is 10.2. The summed E-state index contributed by atoms with van der Waals surface area (Å²) in [5.41, 5.74) is 1.09. The molecule has 0 amide bonds. The van der Waals surface area contributed by atoms with Gasteiger partial charge in [-0.3, -0.25) is 0 Å². The molecule has 1 N–H and O–H groups in total. The fourth-order valence-electron chi connectivity index (χ4n) is 0.628. The van der Waals surface area contributed by atoms with Crippen LogP contribution in [0.2, 0.25) is 0 Å². The molecular formula is C13H24O. The van der Waals surface area contributed by atoms with Gasteiger partial charge in [0.15, 0.2) is 0 Å². The summed E-state index contributed by atoms with van der Waals surface area (Å²) >= 11 is 0. The molecule has 0 fully saturated rings. The number of benzene rings is 1. The Morgan fingerprint density at radius 3 is 1.71 bits per heavy atom. The monoisotopic (exact) mass is 196 g/mol. The van der Waals surface area contributed by atoms with Gasteiger partial charge in [0, 0.05) is 0 Å². The second-order valence-electron chi connectivity index (χ2n) is 3.57. The maximum Gasteiger partial charge on any atom is 0.115 e. The first-order chi connectivity index (χ1) is 6.52. The zero-order valence-corrected chi connectivity index (χ0v) is 10.3. The lowest BCUT2D eigenvalue weighted by Gasteiger charge is -1.89. The minimum absolute atomic E-state index is 0.338. The summed E-state index contributed by atoms with van der Waals surface area (Å²) in [5, 5.41) is 8.81. The van der Waals surface area contributed by atoms with E-state index in [0.29, 0.717) is 5.75 Å². The predicted octanol–water partition coefficient (Wildman–Crippen LogP) is 4.39. The molecule has 0 saturated heterocycles. The van der Waals surface area contributed by atoms with E-state index in [1.165, 1.54) is 0 Å². The van der Waals surface area contributed by atoms with Crippen LogP contribution >= 0.6 is 0 Å². The number of rotatable bonds is 0. The lowest BCUT2D eigenvalue weighted by Crippen LogP contribution is -1.66. The third kappa shape index (κ3) is 13.6. The van der Waals surface area contributed by atoms with E-state index in [1.807, 2.05) is 32.9 Å². The van der Waals surface area contributed by atoms with Crippen molar-refractivity contribution in [1.82, 2.24) is 0 Å². The molecule has 0 aromatic heterocycles. The van der Waals surface area contributed by atoms with Crippen LogP contribution in [0.25, 0.3) is 0 Å². The van der Waals surface area contributed by atoms with Crippen LogP contribution in [-0.4, -0.2) is 5.11 Å². The third-order valence-corrected chi connectivity index (χ3v) is 1.00. The minimum Gasteiger partial charge on any atom is -0.508 e. The normalized spacial score (nSPS) is 8.21. The topological polar surface area (TPSA) is 20.2 Å². The van der Waals surface area contributed by atoms with Crippen molar-refractivity contribution in [2.75, 3.05) is 0 Å². The molecule has 0 saturated carbocycles. The van der Waals surface area contributed by atoms with Crippen molar-refractivity contribution in [3.63, 3.8) is 0 Å².